The van der Waals surface area contributed by atoms with Gasteiger partial charge in [0.15, 0.2) is 0 Å². The zero-order chi connectivity index (χ0) is 12.5. The number of anilines is 1. The van der Waals surface area contributed by atoms with E-state index in [1.54, 1.807) is 6.20 Å². The number of aromatic nitrogens is 1. The lowest BCUT2D eigenvalue weighted by molar-refractivity contribution is -0.124. The summed E-state index contributed by atoms with van der Waals surface area (Å²) < 4.78 is 0. The Morgan fingerprint density at radius 1 is 1.28 bits per heavy atom. The molecule has 5 heteroatoms. The van der Waals surface area contributed by atoms with Crippen molar-refractivity contribution in [1.29, 1.82) is 0 Å². The Balaban J connectivity index is 1.87. The van der Waals surface area contributed by atoms with E-state index in [2.05, 4.69) is 15.6 Å². The summed E-state index contributed by atoms with van der Waals surface area (Å²) in [4.78, 5) is 26.8. The minimum atomic E-state index is -0.500. The molecule has 1 saturated heterocycles. The smallest absolute Gasteiger partial charge is 0.249 e. The molecule has 0 saturated carbocycles. The van der Waals surface area contributed by atoms with Gasteiger partial charge in [-0.05, 0) is 12.1 Å². The molecule has 18 heavy (non-hydrogen) atoms. The number of nitrogens with zero attached hydrogens (tertiary/aromatic N) is 1. The topological polar surface area (TPSA) is 71.1 Å². The van der Waals surface area contributed by atoms with Crippen molar-refractivity contribution in [3.05, 3.63) is 36.5 Å². The first-order chi connectivity index (χ1) is 8.72. The maximum absolute atomic E-state index is 11.4. The SMILES string of the molecule is O=C1CC(Nc2cnc3ccccc3c2)C(=O)N1. The lowest BCUT2D eigenvalue weighted by atomic mass is 10.2. The maximum Gasteiger partial charge on any atom is 0.249 e. The predicted molar refractivity (Wildman–Crippen MR) is 66.9 cm³/mol. The second kappa shape index (κ2) is 4.10. The Morgan fingerprint density at radius 2 is 2.11 bits per heavy atom. The average molecular weight is 241 g/mol. The van der Waals surface area contributed by atoms with Crippen LogP contribution in [0.5, 0.6) is 0 Å². The van der Waals surface area contributed by atoms with Crippen LogP contribution in [-0.2, 0) is 9.59 Å². The van der Waals surface area contributed by atoms with Gasteiger partial charge >= 0.3 is 0 Å². The van der Waals surface area contributed by atoms with Crippen LogP contribution in [0, 0.1) is 0 Å². The molecule has 2 N–H and O–H groups in total. The highest BCUT2D eigenvalue weighted by Crippen LogP contribution is 2.18. The summed E-state index contributed by atoms with van der Waals surface area (Å²) in [5.74, 6) is -0.528. The lowest BCUT2D eigenvalue weighted by Crippen LogP contribution is -2.30. The number of pyridine rings is 1. The molecule has 90 valence electrons. The standard InChI is InChI=1S/C13H11N3O2/c17-12-6-11(13(18)16-12)15-9-5-8-3-1-2-4-10(8)14-7-9/h1-5,7,11,15H,6H2,(H,16,17,18). The number of fused-ring (bicyclic) bond motifs is 1. The third kappa shape index (κ3) is 1.90. The minimum Gasteiger partial charge on any atom is -0.372 e. The number of rotatable bonds is 2. The zero-order valence-electron chi connectivity index (χ0n) is 9.51. The van der Waals surface area contributed by atoms with Gasteiger partial charge in [0.05, 0.1) is 23.8 Å². The van der Waals surface area contributed by atoms with Crippen molar-refractivity contribution in [2.75, 3.05) is 5.32 Å². The highest BCUT2D eigenvalue weighted by atomic mass is 16.2. The number of carbonyl (C=O) groups is 2. The Hall–Kier alpha value is -2.43. The molecule has 0 radical (unpaired) electrons. The van der Waals surface area contributed by atoms with Gasteiger partial charge in [-0.25, -0.2) is 0 Å². The molecule has 5 nitrogen and oxygen atoms in total. The molecule has 2 amide bonds. The molecular formula is C13H11N3O2. The number of carbonyl (C=O) groups excluding carboxylic acids is 2. The van der Waals surface area contributed by atoms with Crippen LogP contribution in [0.4, 0.5) is 5.69 Å². The number of nitrogens with one attached hydrogen (secondary N) is 2. The normalized spacial score (nSPS) is 19.0. The Kier molecular flexibility index (Phi) is 2.44. The summed E-state index contributed by atoms with van der Waals surface area (Å²) in [5.41, 5.74) is 1.64. The average Bonchev–Trinajstić information content (AvgIpc) is 2.68. The second-order valence-corrected chi connectivity index (χ2v) is 4.23. The third-order valence-corrected chi connectivity index (χ3v) is 2.90. The molecule has 2 heterocycles. The van der Waals surface area contributed by atoms with Crippen molar-refractivity contribution in [2.45, 2.75) is 12.5 Å². The maximum atomic E-state index is 11.4. The second-order valence-electron chi connectivity index (χ2n) is 4.23. The fourth-order valence-electron chi connectivity index (χ4n) is 2.02. The number of hydrogen-bond donors (Lipinski definition) is 2. The number of amides is 2. The summed E-state index contributed by atoms with van der Waals surface area (Å²) in [6, 6.07) is 9.14. The van der Waals surface area contributed by atoms with Crippen LogP contribution in [0.15, 0.2) is 36.5 Å². The monoisotopic (exact) mass is 241 g/mol. The Labute approximate surface area is 103 Å². The van der Waals surface area contributed by atoms with Crippen LogP contribution >= 0.6 is 0 Å². The summed E-state index contributed by atoms with van der Waals surface area (Å²) in [5, 5.41) is 6.27. The molecule has 1 aromatic heterocycles. The van der Waals surface area contributed by atoms with E-state index in [1.165, 1.54) is 0 Å². The van der Waals surface area contributed by atoms with Crippen molar-refractivity contribution in [2.24, 2.45) is 0 Å². The lowest BCUT2D eigenvalue weighted by Gasteiger charge is -2.10. The molecule has 0 aliphatic carbocycles. The highest BCUT2D eigenvalue weighted by Gasteiger charge is 2.30. The van der Waals surface area contributed by atoms with Gasteiger partial charge < -0.3 is 5.32 Å². The van der Waals surface area contributed by atoms with Gasteiger partial charge in [-0.2, -0.15) is 0 Å². The van der Waals surface area contributed by atoms with Crippen LogP contribution in [0.3, 0.4) is 0 Å². The summed E-state index contributed by atoms with van der Waals surface area (Å²) in [6.45, 7) is 0. The van der Waals surface area contributed by atoms with E-state index in [4.69, 9.17) is 0 Å². The van der Waals surface area contributed by atoms with Crippen molar-refractivity contribution in [1.82, 2.24) is 10.3 Å². The van der Waals surface area contributed by atoms with Gasteiger partial charge in [0, 0.05) is 5.39 Å². The van der Waals surface area contributed by atoms with Crippen molar-refractivity contribution >= 4 is 28.4 Å². The first-order valence-electron chi connectivity index (χ1n) is 5.67. The number of imide groups is 1. The number of benzene rings is 1. The minimum absolute atomic E-state index is 0.172. The Morgan fingerprint density at radius 3 is 2.89 bits per heavy atom. The fourth-order valence-corrected chi connectivity index (χ4v) is 2.02. The molecule has 1 aliphatic rings. The van der Waals surface area contributed by atoms with Crippen molar-refractivity contribution < 1.29 is 9.59 Å². The van der Waals surface area contributed by atoms with Crippen LogP contribution < -0.4 is 10.6 Å². The van der Waals surface area contributed by atoms with Crippen LogP contribution in [0.1, 0.15) is 6.42 Å². The Bertz CT molecular complexity index is 639. The summed E-state index contributed by atoms with van der Waals surface area (Å²) >= 11 is 0. The van der Waals surface area contributed by atoms with E-state index in [-0.39, 0.29) is 18.2 Å². The number of para-hydroxylation sites is 1. The van der Waals surface area contributed by atoms with Crippen molar-refractivity contribution in [3.63, 3.8) is 0 Å². The molecule has 3 rings (SSSR count). The first kappa shape index (κ1) is 10.7. The van der Waals surface area contributed by atoms with Gasteiger partial charge in [0.1, 0.15) is 6.04 Å². The largest absolute Gasteiger partial charge is 0.372 e. The van der Waals surface area contributed by atoms with E-state index in [0.29, 0.717) is 0 Å². The summed E-state index contributed by atoms with van der Waals surface area (Å²) in [6.07, 6.45) is 1.84. The van der Waals surface area contributed by atoms with E-state index in [1.807, 2.05) is 30.3 Å². The molecular weight excluding hydrogens is 230 g/mol. The van der Waals surface area contributed by atoms with Gasteiger partial charge in [0.2, 0.25) is 11.8 Å². The molecule has 0 spiro atoms. The van der Waals surface area contributed by atoms with Gasteiger partial charge in [-0.15, -0.1) is 0 Å². The predicted octanol–water partition coefficient (Wildman–Crippen LogP) is 1.06. The van der Waals surface area contributed by atoms with Crippen molar-refractivity contribution in [3.8, 4) is 0 Å². The van der Waals surface area contributed by atoms with Gasteiger partial charge in [-0.1, -0.05) is 18.2 Å². The quantitative estimate of drug-likeness (QED) is 0.771. The molecule has 2 aromatic rings. The van der Waals surface area contributed by atoms with Crippen LogP contribution in [-0.4, -0.2) is 22.8 Å². The van der Waals surface area contributed by atoms with E-state index >= 15 is 0 Å². The highest BCUT2D eigenvalue weighted by molar-refractivity contribution is 6.06. The molecule has 1 aliphatic heterocycles. The molecule has 1 atom stereocenters. The van der Waals surface area contributed by atoms with Crippen LogP contribution in [0.2, 0.25) is 0 Å². The molecule has 1 unspecified atom stereocenters. The van der Waals surface area contributed by atoms with Gasteiger partial charge in [-0.3, -0.25) is 19.9 Å². The molecule has 0 bridgehead atoms. The molecule has 1 fully saturated rings. The summed E-state index contributed by atoms with van der Waals surface area (Å²) in [7, 11) is 0. The number of hydrogen-bond acceptors (Lipinski definition) is 4. The van der Waals surface area contributed by atoms with Crippen LogP contribution in [0.25, 0.3) is 10.9 Å². The van der Waals surface area contributed by atoms with Gasteiger partial charge in [0.25, 0.3) is 0 Å². The van der Waals surface area contributed by atoms with E-state index in [0.717, 1.165) is 16.6 Å². The third-order valence-electron chi connectivity index (χ3n) is 2.90. The molecule has 1 aromatic carbocycles. The zero-order valence-corrected chi connectivity index (χ0v) is 9.51. The first-order valence-corrected chi connectivity index (χ1v) is 5.67. The van der Waals surface area contributed by atoms with E-state index in [9.17, 15) is 9.59 Å². The fraction of sp³-hybridized carbons (Fsp3) is 0.154. The van der Waals surface area contributed by atoms with E-state index < -0.39 is 6.04 Å².